The second-order valence-corrected chi connectivity index (χ2v) is 6.77. The van der Waals surface area contributed by atoms with Crippen LogP contribution in [-0.4, -0.2) is 29.0 Å². The van der Waals surface area contributed by atoms with Gasteiger partial charge < -0.3 is 15.5 Å². The molecule has 150 valence electrons. The summed E-state index contributed by atoms with van der Waals surface area (Å²) < 4.78 is 0. The third kappa shape index (κ3) is 5.31. The van der Waals surface area contributed by atoms with E-state index in [4.69, 9.17) is 0 Å². The van der Waals surface area contributed by atoms with Crippen LogP contribution in [0.25, 0.3) is 0 Å². The summed E-state index contributed by atoms with van der Waals surface area (Å²) in [4.78, 5) is 23.2. The van der Waals surface area contributed by atoms with E-state index in [9.17, 15) is 4.79 Å². The van der Waals surface area contributed by atoms with Crippen LogP contribution in [0.5, 0.6) is 0 Å². The van der Waals surface area contributed by atoms with Crippen LogP contribution >= 0.6 is 0 Å². The monoisotopic (exact) mass is 389 g/mol. The number of carbonyl (C=O) groups excluding carboxylic acids is 1. The van der Waals surface area contributed by atoms with Gasteiger partial charge in [0.25, 0.3) is 5.91 Å². The smallest absolute Gasteiger partial charge is 0.251 e. The van der Waals surface area contributed by atoms with Gasteiger partial charge in [0.05, 0.1) is 0 Å². The van der Waals surface area contributed by atoms with Gasteiger partial charge in [-0.25, -0.2) is 4.98 Å². The second kappa shape index (κ2) is 9.68. The van der Waals surface area contributed by atoms with Crippen molar-refractivity contribution in [3.8, 4) is 0 Å². The highest BCUT2D eigenvalue weighted by atomic mass is 16.1. The molecule has 0 saturated carbocycles. The molecular weight excluding hydrogens is 362 g/mol. The average Bonchev–Trinajstić information content (AvgIpc) is 2.75. The number of pyridine rings is 2. The van der Waals surface area contributed by atoms with Gasteiger partial charge in [0.15, 0.2) is 0 Å². The average molecular weight is 390 g/mol. The fourth-order valence-corrected chi connectivity index (χ4v) is 3.14. The topological polar surface area (TPSA) is 70.2 Å². The minimum absolute atomic E-state index is 0.145. The molecule has 0 aliphatic heterocycles. The molecule has 0 fully saturated rings. The Morgan fingerprint density at radius 1 is 1.07 bits per heavy atom. The van der Waals surface area contributed by atoms with Crippen LogP contribution in [0, 0.1) is 6.92 Å². The Kier molecular flexibility index (Phi) is 6.79. The third-order valence-corrected chi connectivity index (χ3v) is 4.80. The number of hydrogen-bond donors (Lipinski definition) is 2. The Bertz CT molecular complexity index is 954. The summed E-state index contributed by atoms with van der Waals surface area (Å²) in [5.74, 6) is 0.491. The summed E-state index contributed by atoms with van der Waals surface area (Å²) in [6.07, 6.45) is 5.09. The minimum Gasteiger partial charge on any atom is -0.372 e. The van der Waals surface area contributed by atoms with Gasteiger partial charge in [-0.2, -0.15) is 0 Å². The first kappa shape index (κ1) is 20.3. The van der Waals surface area contributed by atoms with E-state index in [1.54, 1.807) is 30.7 Å². The number of anilines is 3. The van der Waals surface area contributed by atoms with Crippen LogP contribution in [0.3, 0.4) is 0 Å². The molecule has 6 nitrogen and oxygen atoms in total. The number of rotatable bonds is 8. The number of aryl methyl sites for hydroxylation is 1. The lowest BCUT2D eigenvalue weighted by molar-refractivity contribution is 0.0951. The Hall–Kier alpha value is -3.41. The third-order valence-electron chi connectivity index (χ3n) is 4.80. The lowest BCUT2D eigenvalue weighted by Gasteiger charge is -2.22. The minimum atomic E-state index is -0.145. The van der Waals surface area contributed by atoms with Crippen LogP contribution in [-0.2, 0) is 6.54 Å². The van der Waals surface area contributed by atoms with Crippen LogP contribution < -0.4 is 15.5 Å². The summed E-state index contributed by atoms with van der Waals surface area (Å²) in [5, 5.41) is 6.23. The molecular formula is C23H27N5O. The number of carbonyl (C=O) groups is 1. The predicted octanol–water partition coefficient (Wildman–Crippen LogP) is 4.30. The molecule has 2 aromatic heterocycles. The van der Waals surface area contributed by atoms with E-state index in [0.717, 1.165) is 29.9 Å². The summed E-state index contributed by atoms with van der Waals surface area (Å²) in [6, 6.07) is 13.6. The number of aromatic nitrogens is 2. The Morgan fingerprint density at radius 2 is 1.90 bits per heavy atom. The van der Waals surface area contributed by atoms with Crippen molar-refractivity contribution in [2.45, 2.75) is 27.3 Å². The Labute approximate surface area is 172 Å². The molecule has 0 unspecified atom stereocenters. The predicted molar refractivity (Wildman–Crippen MR) is 118 cm³/mol. The lowest BCUT2D eigenvalue weighted by atomic mass is 10.1. The van der Waals surface area contributed by atoms with Crippen molar-refractivity contribution in [2.75, 3.05) is 23.3 Å². The molecule has 0 aliphatic carbocycles. The molecule has 6 heteroatoms. The maximum atomic E-state index is 12.5. The molecule has 1 amide bonds. The van der Waals surface area contributed by atoms with E-state index in [1.807, 2.05) is 12.1 Å². The van der Waals surface area contributed by atoms with Crippen LogP contribution in [0.1, 0.15) is 35.3 Å². The van der Waals surface area contributed by atoms with E-state index in [2.05, 4.69) is 64.5 Å². The van der Waals surface area contributed by atoms with Crippen molar-refractivity contribution in [1.82, 2.24) is 15.3 Å². The van der Waals surface area contributed by atoms with Crippen molar-refractivity contribution < 1.29 is 4.79 Å². The zero-order valence-corrected chi connectivity index (χ0v) is 17.1. The normalized spacial score (nSPS) is 10.4. The maximum absolute atomic E-state index is 12.5. The van der Waals surface area contributed by atoms with E-state index in [1.165, 1.54) is 5.69 Å². The Morgan fingerprint density at radius 3 is 2.59 bits per heavy atom. The zero-order chi connectivity index (χ0) is 20.6. The fraction of sp³-hybridized carbons (Fsp3) is 0.261. The Balaban J connectivity index is 1.68. The molecule has 3 rings (SSSR count). The maximum Gasteiger partial charge on any atom is 0.251 e. The van der Waals surface area contributed by atoms with Crippen molar-refractivity contribution in [2.24, 2.45) is 0 Å². The molecule has 3 aromatic rings. The zero-order valence-electron chi connectivity index (χ0n) is 17.1. The van der Waals surface area contributed by atoms with Gasteiger partial charge in [-0.05, 0) is 68.3 Å². The number of hydrogen-bond acceptors (Lipinski definition) is 5. The first-order chi connectivity index (χ1) is 14.1. The van der Waals surface area contributed by atoms with E-state index < -0.39 is 0 Å². The quantitative estimate of drug-likeness (QED) is 0.601. The van der Waals surface area contributed by atoms with Gasteiger partial charge in [0.2, 0.25) is 0 Å². The molecule has 0 bridgehead atoms. The molecule has 0 aliphatic rings. The highest BCUT2D eigenvalue weighted by Gasteiger charge is 2.09. The SMILES string of the molecule is CCN(CC)c1ccc(Nc2cc(C(=O)NCc3cccnc3)ccn2)c(C)c1. The molecule has 29 heavy (non-hydrogen) atoms. The van der Waals surface area contributed by atoms with E-state index in [-0.39, 0.29) is 5.91 Å². The molecule has 0 radical (unpaired) electrons. The first-order valence-corrected chi connectivity index (χ1v) is 9.86. The molecule has 0 spiro atoms. The van der Waals surface area contributed by atoms with Crippen LogP contribution in [0.4, 0.5) is 17.2 Å². The van der Waals surface area contributed by atoms with Gasteiger partial charge in [-0.3, -0.25) is 9.78 Å². The van der Waals surface area contributed by atoms with Crippen molar-refractivity contribution in [1.29, 1.82) is 0 Å². The summed E-state index contributed by atoms with van der Waals surface area (Å²) >= 11 is 0. The van der Waals surface area contributed by atoms with Gasteiger partial charge >= 0.3 is 0 Å². The van der Waals surface area contributed by atoms with Crippen molar-refractivity contribution >= 4 is 23.1 Å². The first-order valence-electron chi connectivity index (χ1n) is 9.86. The van der Waals surface area contributed by atoms with Crippen molar-refractivity contribution in [3.63, 3.8) is 0 Å². The van der Waals surface area contributed by atoms with Gasteiger partial charge in [0, 0.05) is 55.2 Å². The number of nitrogens with one attached hydrogen (secondary N) is 2. The highest BCUT2D eigenvalue weighted by Crippen LogP contribution is 2.25. The van der Waals surface area contributed by atoms with Gasteiger partial charge in [0.1, 0.15) is 5.82 Å². The second-order valence-electron chi connectivity index (χ2n) is 6.77. The number of benzene rings is 1. The van der Waals surface area contributed by atoms with Gasteiger partial charge in [-0.15, -0.1) is 0 Å². The summed E-state index contributed by atoms with van der Waals surface area (Å²) in [7, 11) is 0. The molecule has 0 atom stereocenters. The lowest BCUT2D eigenvalue weighted by Crippen LogP contribution is -2.23. The van der Waals surface area contributed by atoms with Crippen molar-refractivity contribution in [3.05, 3.63) is 77.7 Å². The molecule has 2 N–H and O–H groups in total. The molecule has 0 saturated heterocycles. The van der Waals surface area contributed by atoms with E-state index in [0.29, 0.717) is 17.9 Å². The van der Waals surface area contributed by atoms with Crippen LogP contribution in [0.15, 0.2) is 61.1 Å². The summed E-state index contributed by atoms with van der Waals surface area (Å²) in [5.41, 5.74) is 4.82. The summed E-state index contributed by atoms with van der Waals surface area (Å²) in [6.45, 7) is 8.75. The van der Waals surface area contributed by atoms with E-state index >= 15 is 0 Å². The number of amides is 1. The highest BCUT2D eigenvalue weighted by molar-refractivity contribution is 5.94. The van der Waals surface area contributed by atoms with Crippen LogP contribution in [0.2, 0.25) is 0 Å². The number of nitrogens with zero attached hydrogens (tertiary/aromatic N) is 3. The fourth-order valence-electron chi connectivity index (χ4n) is 3.14. The molecule has 1 aromatic carbocycles. The molecule has 2 heterocycles. The standard InChI is InChI=1S/C23H27N5O/c1-4-28(5-2)20-8-9-21(17(3)13-20)27-22-14-19(10-12-25-22)23(29)26-16-18-7-6-11-24-15-18/h6-15H,4-5,16H2,1-3H3,(H,25,27)(H,26,29). The largest absolute Gasteiger partial charge is 0.372 e. The van der Waals surface area contributed by atoms with Gasteiger partial charge in [-0.1, -0.05) is 6.07 Å².